The molecule has 2 amide bonds. The second-order valence-corrected chi connectivity index (χ2v) is 6.54. The number of rotatable bonds is 4. The van der Waals surface area contributed by atoms with E-state index in [0.29, 0.717) is 13.0 Å². The molecule has 3 rings (SSSR count). The first-order valence-corrected chi connectivity index (χ1v) is 8.56. The minimum absolute atomic E-state index is 0.0933. The average molecular weight is 320 g/mol. The van der Waals surface area contributed by atoms with Crippen molar-refractivity contribution in [2.75, 3.05) is 37.4 Å². The fraction of sp³-hybridized carbons (Fsp3) is 0.500. The van der Waals surface area contributed by atoms with E-state index in [2.05, 4.69) is 0 Å². The first kappa shape index (κ1) is 15.2. The highest BCUT2D eigenvalue weighted by Crippen LogP contribution is 2.31. The molecule has 2 aliphatic rings. The van der Waals surface area contributed by atoms with Crippen LogP contribution in [0.3, 0.4) is 0 Å². The lowest BCUT2D eigenvalue weighted by Gasteiger charge is -2.30. The van der Waals surface area contributed by atoms with Crippen LogP contribution in [0.25, 0.3) is 0 Å². The molecule has 1 aromatic carbocycles. The summed E-state index contributed by atoms with van der Waals surface area (Å²) >= 11 is 1.33. The van der Waals surface area contributed by atoms with Crippen molar-refractivity contribution in [1.82, 2.24) is 4.90 Å². The first-order valence-electron chi connectivity index (χ1n) is 7.58. The Morgan fingerprint density at radius 1 is 1.36 bits per heavy atom. The van der Waals surface area contributed by atoms with Crippen LogP contribution in [0.5, 0.6) is 5.75 Å². The Kier molecular flexibility index (Phi) is 4.57. The van der Waals surface area contributed by atoms with Crippen molar-refractivity contribution in [3.63, 3.8) is 0 Å². The minimum Gasteiger partial charge on any atom is -0.497 e. The van der Waals surface area contributed by atoms with Crippen molar-refractivity contribution in [3.8, 4) is 5.75 Å². The number of hydrogen-bond acceptors (Lipinski definition) is 4. The van der Waals surface area contributed by atoms with Gasteiger partial charge in [-0.15, -0.1) is 0 Å². The van der Waals surface area contributed by atoms with Crippen LogP contribution in [0, 0.1) is 0 Å². The van der Waals surface area contributed by atoms with Crippen LogP contribution in [0.2, 0.25) is 0 Å². The van der Waals surface area contributed by atoms with Gasteiger partial charge >= 0.3 is 0 Å². The summed E-state index contributed by atoms with van der Waals surface area (Å²) in [7, 11) is 1.65. The van der Waals surface area contributed by atoms with Crippen molar-refractivity contribution in [2.45, 2.75) is 19.3 Å². The van der Waals surface area contributed by atoms with Gasteiger partial charge in [0.15, 0.2) is 0 Å². The Labute approximate surface area is 134 Å². The molecule has 0 bridgehead atoms. The average Bonchev–Trinajstić information content (AvgIpc) is 2.96. The van der Waals surface area contributed by atoms with Crippen molar-refractivity contribution < 1.29 is 14.3 Å². The van der Waals surface area contributed by atoms with E-state index in [9.17, 15) is 9.59 Å². The topological polar surface area (TPSA) is 49.9 Å². The van der Waals surface area contributed by atoms with Crippen LogP contribution in [0.1, 0.15) is 18.4 Å². The molecule has 2 heterocycles. The van der Waals surface area contributed by atoms with Crippen LogP contribution < -0.4 is 9.64 Å². The summed E-state index contributed by atoms with van der Waals surface area (Å²) in [5.74, 6) is 1.75. The largest absolute Gasteiger partial charge is 0.497 e. The molecule has 1 saturated heterocycles. The van der Waals surface area contributed by atoms with E-state index in [1.54, 1.807) is 12.0 Å². The summed E-state index contributed by atoms with van der Waals surface area (Å²) in [4.78, 5) is 27.7. The molecule has 22 heavy (non-hydrogen) atoms. The Morgan fingerprint density at radius 3 is 2.95 bits per heavy atom. The van der Waals surface area contributed by atoms with E-state index >= 15 is 0 Å². The van der Waals surface area contributed by atoms with E-state index in [0.717, 1.165) is 48.7 Å². The van der Waals surface area contributed by atoms with Crippen molar-refractivity contribution in [2.24, 2.45) is 0 Å². The molecule has 6 heteroatoms. The Morgan fingerprint density at radius 2 is 2.23 bits per heavy atom. The zero-order valence-corrected chi connectivity index (χ0v) is 13.5. The quantitative estimate of drug-likeness (QED) is 0.855. The van der Waals surface area contributed by atoms with Crippen LogP contribution >= 0.6 is 11.8 Å². The van der Waals surface area contributed by atoms with Gasteiger partial charge in [-0.05, 0) is 36.6 Å². The monoisotopic (exact) mass is 320 g/mol. The minimum atomic E-state index is 0.0933. The molecule has 118 valence electrons. The number of anilines is 1. The summed E-state index contributed by atoms with van der Waals surface area (Å²) in [6.07, 6.45) is 2.32. The number of hydrogen-bond donors (Lipinski definition) is 0. The van der Waals surface area contributed by atoms with Crippen LogP contribution in [-0.2, 0) is 11.2 Å². The molecule has 0 saturated carbocycles. The van der Waals surface area contributed by atoms with Gasteiger partial charge in [0.1, 0.15) is 5.75 Å². The lowest BCUT2D eigenvalue weighted by atomic mass is 10.0. The zero-order valence-electron chi connectivity index (χ0n) is 12.7. The van der Waals surface area contributed by atoms with Gasteiger partial charge in [0, 0.05) is 37.5 Å². The molecule has 0 atom stereocenters. The van der Waals surface area contributed by atoms with E-state index in [1.807, 2.05) is 23.1 Å². The number of aryl methyl sites for hydroxylation is 1. The summed E-state index contributed by atoms with van der Waals surface area (Å²) in [6.45, 7) is 2.03. The van der Waals surface area contributed by atoms with Gasteiger partial charge in [0.25, 0.3) is 5.24 Å². The molecular weight excluding hydrogens is 300 g/mol. The third-order valence-electron chi connectivity index (χ3n) is 4.15. The molecule has 0 spiro atoms. The number of methoxy groups -OCH3 is 1. The zero-order chi connectivity index (χ0) is 15.5. The van der Waals surface area contributed by atoms with Crippen molar-refractivity contribution >= 4 is 28.6 Å². The molecule has 2 aliphatic heterocycles. The van der Waals surface area contributed by atoms with Crippen LogP contribution in [-0.4, -0.2) is 48.5 Å². The Hall–Kier alpha value is -1.69. The second-order valence-electron chi connectivity index (χ2n) is 5.49. The first-order chi connectivity index (χ1) is 10.7. The van der Waals surface area contributed by atoms with Gasteiger partial charge in [-0.2, -0.15) is 0 Å². The Bertz CT molecular complexity index is 591. The smallest absolute Gasteiger partial charge is 0.281 e. The summed E-state index contributed by atoms with van der Waals surface area (Å²) in [5, 5.41) is 0.0941. The summed E-state index contributed by atoms with van der Waals surface area (Å²) in [5.41, 5.74) is 2.14. The standard InChI is InChI=1S/C16H20N2O3S/c1-21-13-4-5-14-12(11-13)3-2-7-18(14)15(19)6-8-17-9-10-22-16(17)20/h4-5,11H,2-3,6-10H2,1H3. The maximum atomic E-state index is 12.5. The van der Waals surface area contributed by atoms with Crippen LogP contribution in [0.4, 0.5) is 10.5 Å². The van der Waals surface area contributed by atoms with E-state index in [-0.39, 0.29) is 11.1 Å². The van der Waals surface area contributed by atoms with E-state index in [4.69, 9.17) is 4.74 Å². The fourth-order valence-electron chi connectivity index (χ4n) is 2.95. The van der Waals surface area contributed by atoms with Gasteiger partial charge < -0.3 is 14.5 Å². The molecule has 0 unspecified atom stereocenters. The van der Waals surface area contributed by atoms with Crippen molar-refractivity contribution in [1.29, 1.82) is 0 Å². The maximum absolute atomic E-state index is 12.5. The Balaban J connectivity index is 1.67. The predicted molar refractivity (Wildman–Crippen MR) is 87.7 cm³/mol. The highest BCUT2D eigenvalue weighted by molar-refractivity contribution is 8.13. The van der Waals surface area contributed by atoms with E-state index < -0.39 is 0 Å². The maximum Gasteiger partial charge on any atom is 0.281 e. The van der Waals surface area contributed by atoms with Gasteiger partial charge in [-0.3, -0.25) is 9.59 Å². The third kappa shape index (κ3) is 3.06. The number of carbonyl (C=O) groups is 2. The summed E-state index contributed by atoms with van der Waals surface area (Å²) < 4.78 is 5.25. The van der Waals surface area contributed by atoms with Crippen molar-refractivity contribution in [3.05, 3.63) is 23.8 Å². The molecule has 0 N–H and O–H groups in total. The predicted octanol–water partition coefficient (Wildman–Crippen LogP) is 2.53. The number of nitrogens with zero attached hydrogens (tertiary/aromatic N) is 2. The third-order valence-corrected chi connectivity index (χ3v) is 5.04. The van der Waals surface area contributed by atoms with Gasteiger partial charge in [-0.1, -0.05) is 11.8 Å². The molecule has 1 aromatic rings. The number of amides is 2. The number of ether oxygens (including phenoxy) is 1. The van der Waals surface area contributed by atoms with Crippen LogP contribution in [0.15, 0.2) is 18.2 Å². The number of carbonyl (C=O) groups excluding carboxylic acids is 2. The highest BCUT2D eigenvalue weighted by Gasteiger charge is 2.25. The number of fused-ring (bicyclic) bond motifs is 1. The lowest BCUT2D eigenvalue weighted by Crippen LogP contribution is -2.37. The molecule has 1 fully saturated rings. The highest BCUT2D eigenvalue weighted by atomic mass is 32.2. The van der Waals surface area contributed by atoms with Gasteiger partial charge in [0.05, 0.1) is 7.11 Å². The molecule has 5 nitrogen and oxygen atoms in total. The van der Waals surface area contributed by atoms with Gasteiger partial charge in [-0.25, -0.2) is 0 Å². The number of thioether (sulfide) groups is 1. The molecule has 0 aromatic heterocycles. The molecule has 0 radical (unpaired) electrons. The number of benzene rings is 1. The molecule has 0 aliphatic carbocycles. The van der Waals surface area contributed by atoms with E-state index in [1.165, 1.54) is 11.8 Å². The fourth-order valence-corrected chi connectivity index (χ4v) is 3.81. The second kappa shape index (κ2) is 6.60. The lowest BCUT2D eigenvalue weighted by molar-refractivity contribution is -0.118. The molecular formula is C16H20N2O3S. The SMILES string of the molecule is COc1ccc2c(c1)CCCN2C(=O)CCN1CCSC1=O. The van der Waals surface area contributed by atoms with Gasteiger partial charge in [0.2, 0.25) is 5.91 Å². The normalized spacial score (nSPS) is 17.6. The summed E-state index contributed by atoms with van der Waals surface area (Å²) in [6, 6.07) is 5.86.